The molecule has 0 aliphatic heterocycles. The van der Waals surface area contributed by atoms with Crippen LogP contribution in [0.5, 0.6) is 0 Å². The fraction of sp³-hybridized carbons (Fsp3) is 0.364. The van der Waals surface area contributed by atoms with Crippen molar-refractivity contribution < 1.29 is 18.3 Å². The third-order valence-electron chi connectivity index (χ3n) is 2.61. The van der Waals surface area contributed by atoms with Gasteiger partial charge in [-0.3, -0.25) is 0 Å². The standard InChI is InChI=1S/C11H11F3N2O/c1-2-16-9-4-3-7(11(12,13)14)5-8(9)15-10(16)6-17/h3-5,17H,2,6H2,1H3. The van der Waals surface area contributed by atoms with E-state index < -0.39 is 11.7 Å². The van der Waals surface area contributed by atoms with Gasteiger partial charge in [-0.25, -0.2) is 4.98 Å². The van der Waals surface area contributed by atoms with Gasteiger partial charge >= 0.3 is 6.18 Å². The zero-order chi connectivity index (χ0) is 12.6. The Kier molecular flexibility index (Phi) is 2.82. The number of aryl methyl sites for hydroxylation is 1. The summed E-state index contributed by atoms with van der Waals surface area (Å²) >= 11 is 0. The number of fused-ring (bicyclic) bond motifs is 1. The number of halogens is 3. The quantitative estimate of drug-likeness (QED) is 0.881. The van der Waals surface area contributed by atoms with Crippen molar-refractivity contribution >= 4 is 11.0 Å². The Morgan fingerprint density at radius 2 is 2.06 bits per heavy atom. The predicted molar refractivity (Wildman–Crippen MR) is 56.3 cm³/mol. The molecule has 1 aromatic heterocycles. The summed E-state index contributed by atoms with van der Waals surface area (Å²) in [6.07, 6.45) is -4.37. The Morgan fingerprint density at radius 1 is 1.35 bits per heavy atom. The van der Waals surface area contributed by atoms with Crippen molar-refractivity contribution in [2.75, 3.05) is 0 Å². The summed E-state index contributed by atoms with van der Waals surface area (Å²) in [4.78, 5) is 3.99. The van der Waals surface area contributed by atoms with Gasteiger partial charge in [0.1, 0.15) is 12.4 Å². The number of nitrogens with zero attached hydrogens (tertiary/aromatic N) is 2. The Balaban J connectivity index is 2.64. The first-order valence-electron chi connectivity index (χ1n) is 5.14. The van der Waals surface area contributed by atoms with Gasteiger partial charge in [0.05, 0.1) is 16.6 Å². The minimum atomic E-state index is -4.37. The molecule has 1 heterocycles. The summed E-state index contributed by atoms with van der Waals surface area (Å²) in [7, 11) is 0. The molecule has 17 heavy (non-hydrogen) atoms. The molecular formula is C11H11F3N2O. The van der Waals surface area contributed by atoms with Crippen LogP contribution in [0.4, 0.5) is 13.2 Å². The molecular weight excluding hydrogens is 233 g/mol. The molecule has 2 aromatic rings. The van der Waals surface area contributed by atoms with E-state index >= 15 is 0 Å². The molecule has 0 spiro atoms. The van der Waals surface area contributed by atoms with Crippen molar-refractivity contribution in [3.8, 4) is 0 Å². The average molecular weight is 244 g/mol. The van der Waals surface area contributed by atoms with Crippen LogP contribution in [0.15, 0.2) is 18.2 Å². The lowest BCUT2D eigenvalue weighted by Gasteiger charge is -2.06. The molecule has 0 aliphatic rings. The molecule has 0 saturated heterocycles. The highest BCUT2D eigenvalue weighted by Crippen LogP contribution is 2.31. The van der Waals surface area contributed by atoms with Crippen molar-refractivity contribution in [2.24, 2.45) is 0 Å². The van der Waals surface area contributed by atoms with Crippen molar-refractivity contribution in [3.63, 3.8) is 0 Å². The minimum Gasteiger partial charge on any atom is -0.388 e. The third kappa shape index (κ3) is 2.00. The topological polar surface area (TPSA) is 38.0 Å². The molecule has 0 aliphatic carbocycles. The Bertz CT molecular complexity index is 545. The fourth-order valence-corrected chi connectivity index (χ4v) is 1.83. The largest absolute Gasteiger partial charge is 0.416 e. The smallest absolute Gasteiger partial charge is 0.388 e. The number of rotatable bonds is 2. The van der Waals surface area contributed by atoms with Gasteiger partial charge in [0.25, 0.3) is 0 Å². The van der Waals surface area contributed by atoms with E-state index in [4.69, 9.17) is 5.11 Å². The van der Waals surface area contributed by atoms with E-state index in [9.17, 15) is 13.2 Å². The van der Waals surface area contributed by atoms with E-state index in [1.54, 1.807) is 4.57 Å². The van der Waals surface area contributed by atoms with Crippen LogP contribution in [-0.4, -0.2) is 14.7 Å². The lowest BCUT2D eigenvalue weighted by molar-refractivity contribution is -0.137. The highest BCUT2D eigenvalue weighted by atomic mass is 19.4. The van der Waals surface area contributed by atoms with Crippen LogP contribution in [0.1, 0.15) is 18.3 Å². The molecule has 0 radical (unpaired) electrons. The monoisotopic (exact) mass is 244 g/mol. The maximum Gasteiger partial charge on any atom is 0.416 e. The number of benzene rings is 1. The number of aromatic nitrogens is 2. The van der Waals surface area contributed by atoms with Gasteiger partial charge in [0.15, 0.2) is 0 Å². The molecule has 2 rings (SSSR count). The van der Waals surface area contributed by atoms with Crippen LogP contribution in [0.3, 0.4) is 0 Å². The van der Waals surface area contributed by atoms with Crippen LogP contribution in [-0.2, 0) is 19.3 Å². The summed E-state index contributed by atoms with van der Waals surface area (Å²) in [6, 6.07) is 3.41. The number of alkyl halides is 3. The van der Waals surface area contributed by atoms with Crippen LogP contribution >= 0.6 is 0 Å². The van der Waals surface area contributed by atoms with Crippen LogP contribution in [0.25, 0.3) is 11.0 Å². The molecule has 6 heteroatoms. The van der Waals surface area contributed by atoms with Gasteiger partial charge in [-0.2, -0.15) is 13.2 Å². The van der Waals surface area contributed by atoms with E-state index in [2.05, 4.69) is 4.98 Å². The van der Waals surface area contributed by atoms with Gasteiger partial charge in [0, 0.05) is 6.54 Å². The molecule has 0 unspecified atom stereocenters. The highest BCUT2D eigenvalue weighted by Gasteiger charge is 2.31. The Hall–Kier alpha value is -1.56. The summed E-state index contributed by atoms with van der Waals surface area (Å²) in [5.41, 5.74) is 0.130. The predicted octanol–water partition coefficient (Wildman–Crippen LogP) is 2.57. The van der Waals surface area contributed by atoms with Crippen molar-refractivity contribution in [3.05, 3.63) is 29.6 Å². The van der Waals surface area contributed by atoms with Crippen molar-refractivity contribution in [1.82, 2.24) is 9.55 Å². The van der Waals surface area contributed by atoms with Gasteiger partial charge in [-0.05, 0) is 25.1 Å². The molecule has 1 aromatic carbocycles. The lowest BCUT2D eigenvalue weighted by Crippen LogP contribution is -2.04. The second-order valence-corrected chi connectivity index (χ2v) is 3.63. The number of aliphatic hydroxyl groups excluding tert-OH is 1. The van der Waals surface area contributed by atoms with Gasteiger partial charge in [0.2, 0.25) is 0 Å². The lowest BCUT2D eigenvalue weighted by atomic mass is 10.2. The summed E-state index contributed by atoms with van der Waals surface area (Å²) in [6.45, 7) is 2.11. The first-order valence-corrected chi connectivity index (χ1v) is 5.14. The molecule has 0 saturated carbocycles. The van der Waals surface area contributed by atoms with Crippen molar-refractivity contribution in [1.29, 1.82) is 0 Å². The normalized spacial score (nSPS) is 12.3. The molecule has 0 bridgehead atoms. The maximum absolute atomic E-state index is 12.5. The van der Waals surface area contributed by atoms with Gasteiger partial charge in [-0.1, -0.05) is 0 Å². The number of hydrogen-bond acceptors (Lipinski definition) is 2. The summed E-state index contributed by atoms with van der Waals surface area (Å²) < 4.78 is 39.2. The van der Waals surface area contributed by atoms with Crippen LogP contribution in [0.2, 0.25) is 0 Å². The van der Waals surface area contributed by atoms with E-state index in [1.807, 2.05) is 6.92 Å². The highest BCUT2D eigenvalue weighted by molar-refractivity contribution is 5.77. The van der Waals surface area contributed by atoms with E-state index in [1.165, 1.54) is 6.07 Å². The first kappa shape index (κ1) is 11.9. The molecule has 3 nitrogen and oxygen atoms in total. The molecule has 0 amide bonds. The second-order valence-electron chi connectivity index (χ2n) is 3.63. The summed E-state index contributed by atoms with van der Waals surface area (Å²) in [5, 5.41) is 9.07. The third-order valence-corrected chi connectivity index (χ3v) is 2.61. The second kappa shape index (κ2) is 4.03. The van der Waals surface area contributed by atoms with Crippen molar-refractivity contribution in [2.45, 2.75) is 26.3 Å². The molecule has 92 valence electrons. The average Bonchev–Trinajstić information content (AvgIpc) is 2.64. The molecule has 0 fully saturated rings. The van der Waals surface area contributed by atoms with Crippen LogP contribution < -0.4 is 0 Å². The Morgan fingerprint density at radius 3 is 2.59 bits per heavy atom. The number of hydrogen-bond donors (Lipinski definition) is 1. The minimum absolute atomic E-state index is 0.255. The Labute approximate surface area is 95.5 Å². The first-order chi connectivity index (χ1) is 7.97. The van der Waals surface area contributed by atoms with Crippen LogP contribution in [0, 0.1) is 0 Å². The maximum atomic E-state index is 12.5. The summed E-state index contributed by atoms with van der Waals surface area (Å²) in [5.74, 6) is 0.377. The van der Waals surface area contributed by atoms with Gasteiger partial charge in [-0.15, -0.1) is 0 Å². The molecule has 0 atom stereocenters. The zero-order valence-corrected chi connectivity index (χ0v) is 9.12. The van der Waals surface area contributed by atoms with E-state index in [-0.39, 0.29) is 12.1 Å². The van der Waals surface area contributed by atoms with Gasteiger partial charge < -0.3 is 9.67 Å². The fourth-order valence-electron chi connectivity index (χ4n) is 1.83. The zero-order valence-electron chi connectivity index (χ0n) is 9.12. The molecule has 1 N–H and O–H groups in total. The number of aliphatic hydroxyl groups is 1. The number of imidazole rings is 1. The van der Waals surface area contributed by atoms with E-state index in [0.717, 1.165) is 12.1 Å². The SMILES string of the molecule is CCn1c(CO)nc2cc(C(F)(F)F)ccc21. The van der Waals surface area contributed by atoms with E-state index in [0.29, 0.717) is 17.9 Å².